The summed E-state index contributed by atoms with van der Waals surface area (Å²) in [7, 11) is 0. The molecule has 0 saturated heterocycles. The predicted molar refractivity (Wildman–Crippen MR) is 36.4 cm³/mol. The molecule has 0 radical (unpaired) electrons. The zero-order valence-electron chi connectivity index (χ0n) is 5.71. The highest BCUT2D eigenvalue weighted by Gasteiger charge is 2.12. The van der Waals surface area contributed by atoms with Crippen molar-refractivity contribution in [1.82, 2.24) is 5.48 Å². The molecule has 10 heavy (non-hydrogen) atoms. The normalized spacial score (nSPS) is 23.1. The van der Waals surface area contributed by atoms with E-state index in [1.54, 1.807) is 5.48 Å². The Balaban J connectivity index is 2.24. The van der Waals surface area contributed by atoms with E-state index in [1.165, 1.54) is 0 Å². The van der Waals surface area contributed by atoms with Crippen LogP contribution in [0.5, 0.6) is 0 Å². The molecule has 0 aromatic rings. The van der Waals surface area contributed by atoms with Crippen LogP contribution in [0.1, 0.15) is 19.3 Å². The predicted octanol–water partition coefficient (Wildman–Crippen LogP) is 0.848. The fourth-order valence-electron chi connectivity index (χ4n) is 1.15. The number of carbonyl (C=O) groups excluding carboxylic acids is 1. The summed E-state index contributed by atoms with van der Waals surface area (Å²) in [5.41, 5.74) is 1.62. The van der Waals surface area contributed by atoms with Crippen LogP contribution in [0, 0.1) is 5.92 Å². The fourth-order valence-corrected chi connectivity index (χ4v) is 1.15. The highest BCUT2D eigenvalue weighted by Crippen LogP contribution is 2.19. The van der Waals surface area contributed by atoms with Gasteiger partial charge in [-0.25, -0.2) is 5.48 Å². The van der Waals surface area contributed by atoms with Crippen LogP contribution in [0.15, 0.2) is 12.2 Å². The summed E-state index contributed by atoms with van der Waals surface area (Å²) in [6.45, 7) is 0. The lowest BCUT2D eigenvalue weighted by Gasteiger charge is -2.03. The zero-order valence-corrected chi connectivity index (χ0v) is 5.71. The molecule has 0 fully saturated rings. The fraction of sp³-hybridized carbons (Fsp3) is 0.571. The summed E-state index contributed by atoms with van der Waals surface area (Å²) in [4.78, 5) is 10.6. The van der Waals surface area contributed by atoms with Gasteiger partial charge in [-0.3, -0.25) is 10.0 Å². The van der Waals surface area contributed by atoms with E-state index in [-0.39, 0.29) is 5.91 Å². The molecule has 0 heterocycles. The molecule has 1 amide bonds. The van der Waals surface area contributed by atoms with Crippen LogP contribution in [0.4, 0.5) is 0 Å². The number of amides is 1. The quantitative estimate of drug-likeness (QED) is 0.340. The van der Waals surface area contributed by atoms with Gasteiger partial charge in [0.25, 0.3) is 0 Å². The molecule has 0 saturated carbocycles. The number of nitrogens with one attached hydrogen (secondary N) is 1. The van der Waals surface area contributed by atoms with Crippen molar-refractivity contribution in [3.63, 3.8) is 0 Å². The Kier molecular flexibility index (Phi) is 2.45. The first kappa shape index (κ1) is 7.28. The maximum Gasteiger partial charge on any atom is 0.243 e. The molecule has 0 aromatic carbocycles. The lowest BCUT2D eigenvalue weighted by atomic mass is 10.1. The molecular weight excluding hydrogens is 130 g/mol. The van der Waals surface area contributed by atoms with Crippen LogP contribution in [0.2, 0.25) is 0 Å². The van der Waals surface area contributed by atoms with Gasteiger partial charge in [0.1, 0.15) is 0 Å². The number of allylic oxidation sites excluding steroid dienone is 2. The summed E-state index contributed by atoms with van der Waals surface area (Å²) in [5.74, 6) is 0.0451. The van der Waals surface area contributed by atoms with Crippen molar-refractivity contribution < 1.29 is 10.0 Å². The third-order valence-electron chi connectivity index (χ3n) is 1.68. The number of hydroxylamine groups is 1. The Bertz CT molecular complexity index is 154. The first-order chi connectivity index (χ1) is 4.83. The molecule has 0 aromatic heterocycles. The average Bonchev–Trinajstić information content (AvgIpc) is 2.40. The Morgan fingerprint density at radius 1 is 1.80 bits per heavy atom. The molecule has 1 aliphatic rings. The number of rotatable bonds is 2. The second kappa shape index (κ2) is 3.37. The molecule has 0 aliphatic heterocycles. The van der Waals surface area contributed by atoms with Crippen molar-refractivity contribution in [2.45, 2.75) is 19.3 Å². The first-order valence-corrected chi connectivity index (χ1v) is 3.42. The highest BCUT2D eigenvalue weighted by molar-refractivity contribution is 5.75. The van der Waals surface area contributed by atoms with Gasteiger partial charge in [-0.1, -0.05) is 12.2 Å². The van der Waals surface area contributed by atoms with E-state index >= 15 is 0 Å². The lowest BCUT2D eigenvalue weighted by molar-refractivity contribution is -0.129. The average molecular weight is 141 g/mol. The Labute approximate surface area is 59.7 Å². The molecular formula is C7H11NO2. The summed E-state index contributed by atoms with van der Waals surface area (Å²) < 4.78 is 0. The van der Waals surface area contributed by atoms with Crippen molar-refractivity contribution in [3.05, 3.63) is 12.2 Å². The standard InChI is InChI=1S/C7H11NO2/c9-7(8-10)5-6-3-1-2-4-6/h1,3,6,10H,2,4-5H2,(H,8,9). The van der Waals surface area contributed by atoms with Gasteiger partial charge in [0, 0.05) is 6.42 Å². The molecule has 2 N–H and O–H groups in total. The number of hydrogen-bond acceptors (Lipinski definition) is 2. The van der Waals surface area contributed by atoms with E-state index in [2.05, 4.69) is 6.08 Å². The Hall–Kier alpha value is -0.830. The van der Waals surface area contributed by atoms with E-state index in [0.717, 1.165) is 12.8 Å². The van der Waals surface area contributed by atoms with Crippen molar-refractivity contribution in [2.24, 2.45) is 5.92 Å². The molecule has 3 nitrogen and oxygen atoms in total. The third kappa shape index (κ3) is 1.84. The van der Waals surface area contributed by atoms with E-state index < -0.39 is 0 Å². The minimum atomic E-state index is -0.295. The molecule has 0 spiro atoms. The van der Waals surface area contributed by atoms with Crippen molar-refractivity contribution in [1.29, 1.82) is 0 Å². The molecule has 1 rings (SSSR count). The van der Waals surface area contributed by atoms with Gasteiger partial charge in [-0.15, -0.1) is 0 Å². The minimum absolute atomic E-state index is 0.295. The molecule has 1 aliphatic carbocycles. The summed E-state index contributed by atoms with van der Waals surface area (Å²) in [6.07, 6.45) is 6.59. The third-order valence-corrected chi connectivity index (χ3v) is 1.68. The van der Waals surface area contributed by atoms with Crippen LogP contribution >= 0.6 is 0 Å². The smallest absolute Gasteiger partial charge is 0.243 e. The van der Waals surface area contributed by atoms with Crippen LogP contribution in [0.3, 0.4) is 0 Å². The summed E-state index contributed by atoms with van der Waals surface area (Å²) >= 11 is 0. The maximum absolute atomic E-state index is 10.6. The Morgan fingerprint density at radius 3 is 3.10 bits per heavy atom. The van der Waals surface area contributed by atoms with Gasteiger partial charge in [-0.2, -0.15) is 0 Å². The van der Waals surface area contributed by atoms with Crippen LogP contribution in [-0.2, 0) is 4.79 Å². The topological polar surface area (TPSA) is 49.3 Å². The van der Waals surface area contributed by atoms with Crippen molar-refractivity contribution in [3.8, 4) is 0 Å². The monoisotopic (exact) mass is 141 g/mol. The first-order valence-electron chi connectivity index (χ1n) is 3.42. The second-order valence-electron chi connectivity index (χ2n) is 2.50. The van der Waals surface area contributed by atoms with Crippen molar-refractivity contribution in [2.75, 3.05) is 0 Å². The number of hydrogen-bond donors (Lipinski definition) is 2. The molecule has 56 valence electrons. The van der Waals surface area contributed by atoms with E-state index in [0.29, 0.717) is 12.3 Å². The lowest BCUT2D eigenvalue weighted by Crippen LogP contribution is -2.20. The van der Waals surface area contributed by atoms with Gasteiger partial charge >= 0.3 is 0 Å². The SMILES string of the molecule is O=C(CC1C=CCC1)NO. The summed E-state index contributed by atoms with van der Waals surface area (Å²) in [6, 6.07) is 0. The molecule has 1 atom stereocenters. The maximum atomic E-state index is 10.6. The van der Waals surface area contributed by atoms with E-state index in [4.69, 9.17) is 5.21 Å². The van der Waals surface area contributed by atoms with Gasteiger partial charge in [0.2, 0.25) is 5.91 Å². The van der Waals surface area contributed by atoms with E-state index in [1.807, 2.05) is 6.08 Å². The number of carbonyl (C=O) groups is 1. The largest absolute Gasteiger partial charge is 0.289 e. The van der Waals surface area contributed by atoms with Gasteiger partial charge in [0.15, 0.2) is 0 Å². The zero-order chi connectivity index (χ0) is 7.40. The molecule has 0 bridgehead atoms. The molecule has 3 heteroatoms. The summed E-state index contributed by atoms with van der Waals surface area (Å²) in [5, 5.41) is 8.17. The van der Waals surface area contributed by atoms with Gasteiger partial charge in [0.05, 0.1) is 0 Å². The van der Waals surface area contributed by atoms with Crippen LogP contribution < -0.4 is 5.48 Å². The second-order valence-corrected chi connectivity index (χ2v) is 2.50. The van der Waals surface area contributed by atoms with Gasteiger partial charge in [-0.05, 0) is 18.8 Å². The molecule has 1 unspecified atom stereocenters. The van der Waals surface area contributed by atoms with Gasteiger partial charge < -0.3 is 0 Å². The van der Waals surface area contributed by atoms with Crippen LogP contribution in [0.25, 0.3) is 0 Å². The van der Waals surface area contributed by atoms with Crippen LogP contribution in [-0.4, -0.2) is 11.1 Å². The van der Waals surface area contributed by atoms with Crippen molar-refractivity contribution >= 4 is 5.91 Å². The minimum Gasteiger partial charge on any atom is -0.289 e. The Morgan fingerprint density at radius 2 is 2.60 bits per heavy atom. The van der Waals surface area contributed by atoms with E-state index in [9.17, 15) is 4.79 Å². The highest BCUT2D eigenvalue weighted by atomic mass is 16.5.